The van der Waals surface area contributed by atoms with Crippen LogP contribution in [-0.4, -0.2) is 27.8 Å². The van der Waals surface area contributed by atoms with Crippen LogP contribution in [0.4, 0.5) is 0 Å². The van der Waals surface area contributed by atoms with Gasteiger partial charge >= 0.3 is 0 Å². The normalized spacial score (nSPS) is 12.9. The molecule has 104 valence electrons. The first-order valence-electron chi connectivity index (χ1n) is 6.10. The molecule has 1 aromatic carbocycles. The van der Waals surface area contributed by atoms with Gasteiger partial charge in [0.2, 0.25) is 10.0 Å². The quantitative estimate of drug-likeness (QED) is 0.734. The summed E-state index contributed by atoms with van der Waals surface area (Å²) in [5.41, 5.74) is 1.69. The van der Waals surface area contributed by atoms with E-state index < -0.39 is 10.0 Å². The van der Waals surface area contributed by atoms with Crippen LogP contribution in [0.2, 0.25) is 0 Å². The lowest BCUT2D eigenvalue weighted by atomic mass is 10.1. The maximum Gasteiger partial charge on any atom is 0.208 e. The average Bonchev–Trinajstić information content (AvgIpc) is 2.37. The van der Waals surface area contributed by atoms with Gasteiger partial charge in [-0.05, 0) is 37.6 Å². The van der Waals surface area contributed by atoms with E-state index in [0.717, 1.165) is 18.2 Å². The van der Waals surface area contributed by atoms with Crippen molar-refractivity contribution in [3.8, 4) is 6.07 Å². The Labute approximate surface area is 114 Å². The number of rotatable bonds is 7. The summed E-state index contributed by atoms with van der Waals surface area (Å²) >= 11 is 0. The monoisotopic (exact) mass is 281 g/mol. The van der Waals surface area contributed by atoms with Gasteiger partial charge in [-0.1, -0.05) is 12.1 Å². The average molecular weight is 281 g/mol. The van der Waals surface area contributed by atoms with Gasteiger partial charge in [0.15, 0.2) is 0 Å². The zero-order valence-corrected chi connectivity index (χ0v) is 12.0. The number of nitrogens with one attached hydrogen (secondary N) is 2. The SMILES string of the molecule is CC(NCCCNS(C)(=O)=O)c1cccc(C#N)c1. The highest BCUT2D eigenvalue weighted by Crippen LogP contribution is 2.13. The number of benzene rings is 1. The molecule has 0 spiro atoms. The van der Waals surface area contributed by atoms with E-state index in [1.165, 1.54) is 0 Å². The Morgan fingerprint density at radius 3 is 2.74 bits per heavy atom. The summed E-state index contributed by atoms with van der Waals surface area (Å²) in [5.74, 6) is 0. The highest BCUT2D eigenvalue weighted by atomic mass is 32.2. The van der Waals surface area contributed by atoms with Crippen LogP contribution in [0, 0.1) is 11.3 Å². The van der Waals surface area contributed by atoms with Crippen molar-refractivity contribution in [2.45, 2.75) is 19.4 Å². The van der Waals surface area contributed by atoms with Crippen molar-refractivity contribution in [1.29, 1.82) is 5.26 Å². The standard InChI is InChI=1S/C13H19N3O2S/c1-11(13-6-3-5-12(9-13)10-14)15-7-4-8-16-19(2,17)18/h3,5-6,9,11,15-16H,4,7-8H2,1-2H3. The van der Waals surface area contributed by atoms with E-state index in [-0.39, 0.29) is 6.04 Å². The van der Waals surface area contributed by atoms with E-state index in [4.69, 9.17) is 5.26 Å². The van der Waals surface area contributed by atoms with Crippen molar-refractivity contribution >= 4 is 10.0 Å². The molecule has 0 bridgehead atoms. The first-order valence-corrected chi connectivity index (χ1v) is 7.99. The number of nitrogens with zero attached hydrogens (tertiary/aromatic N) is 1. The summed E-state index contributed by atoms with van der Waals surface area (Å²) < 4.78 is 24.2. The van der Waals surface area contributed by atoms with E-state index in [9.17, 15) is 8.42 Å². The first kappa shape index (κ1) is 15.6. The number of sulfonamides is 1. The van der Waals surface area contributed by atoms with Crippen molar-refractivity contribution in [2.24, 2.45) is 0 Å². The van der Waals surface area contributed by atoms with E-state index in [2.05, 4.69) is 16.1 Å². The Morgan fingerprint density at radius 1 is 1.37 bits per heavy atom. The topological polar surface area (TPSA) is 82.0 Å². The molecule has 5 nitrogen and oxygen atoms in total. The summed E-state index contributed by atoms with van der Waals surface area (Å²) in [6.45, 7) is 3.15. The lowest BCUT2D eigenvalue weighted by molar-refractivity contribution is 0.548. The maximum absolute atomic E-state index is 10.9. The van der Waals surface area contributed by atoms with Gasteiger partial charge < -0.3 is 5.32 Å². The molecule has 0 saturated heterocycles. The fourth-order valence-electron chi connectivity index (χ4n) is 1.66. The van der Waals surface area contributed by atoms with Crippen LogP contribution >= 0.6 is 0 Å². The lowest BCUT2D eigenvalue weighted by Crippen LogP contribution is -2.27. The van der Waals surface area contributed by atoms with Crippen LogP contribution in [0.1, 0.15) is 30.5 Å². The summed E-state index contributed by atoms with van der Waals surface area (Å²) in [7, 11) is -3.10. The van der Waals surface area contributed by atoms with Gasteiger partial charge in [-0.15, -0.1) is 0 Å². The van der Waals surface area contributed by atoms with Crippen LogP contribution in [-0.2, 0) is 10.0 Å². The summed E-state index contributed by atoms with van der Waals surface area (Å²) in [4.78, 5) is 0. The molecule has 0 radical (unpaired) electrons. The molecule has 0 amide bonds. The Hall–Kier alpha value is -1.42. The molecule has 0 aliphatic rings. The van der Waals surface area contributed by atoms with Gasteiger partial charge in [-0.25, -0.2) is 13.1 Å². The predicted molar refractivity (Wildman–Crippen MR) is 75.0 cm³/mol. The zero-order valence-electron chi connectivity index (χ0n) is 11.2. The van der Waals surface area contributed by atoms with Gasteiger partial charge in [0, 0.05) is 12.6 Å². The molecule has 0 aliphatic carbocycles. The van der Waals surface area contributed by atoms with Gasteiger partial charge in [0.1, 0.15) is 0 Å². The number of nitriles is 1. The molecule has 19 heavy (non-hydrogen) atoms. The number of hydrogen-bond donors (Lipinski definition) is 2. The Balaban J connectivity index is 2.35. The predicted octanol–water partition coefficient (Wildman–Crippen LogP) is 1.15. The smallest absolute Gasteiger partial charge is 0.208 e. The van der Waals surface area contributed by atoms with Crippen LogP contribution in [0.15, 0.2) is 24.3 Å². The first-order chi connectivity index (χ1) is 8.92. The van der Waals surface area contributed by atoms with Gasteiger partial charge in [-0.3, -0.25) is 0 Å². The Bertz CT molecular complexity index is 549. The second-order valence-electron chi connectivity index (χ2n) is 4.43. The van der Waals surface area contributed by atoms with Gasteiger partial charge in [0.25, 0.3) is 0 Å². The van der Waals surface area contributed by atoms with Crippen molar-refractivity contribution < 1.29 is 8.42 Å². The minimum Gasteiger partial charge on any atom is -0.310 e. The second-order valence-corrected chi connectivity index (χ2v) is 6.27. The third-order valence-electron chi connectivity index (χ3n) is 2.68. The highest BCUT2D eigenvalue weighted by Gasteiger charge is 2.05. The molecule has 1 atom stereocenters. The molecular formula is C13H19N3O2S. The molecular weight excluding hydrogens is 262 g/mol. The van der Waals surface area contributed by atoms with Gasteiger partial charge in [0.05, 0.1) is 17.9 Å². The van der Waals surface area contributed by atoms with Gasteiger partial charge in [-0.2, -0.15) is 5.26 Å². The van der Waals surface area contributed by atoms with E-state index >= 15 is 0 Å². The third-order valence-corrected chi connectivity index (χ3v) is 3.41. The van der Waals surface area contributed by atoms with Crippen LogP contribution in [0.3, 0.4) is 0 Å². The van der Waals surface area contributed by atoms with E-state index in [0.29, 0.717) is 18.7 Å². The molecule has 1 rings (SSSR count). The van der Waals surface area contributed by atoms with Crippen molar-refractivity contribution in [1.82, 2.24) is 10.0 Å². The van der Waals surface area contributed by atoms with Crippen LogP contribution in [0.25, 0.3) is 0 Å². The summed E-state index contributed by atoms with van der Waals surface area (Å²) in [6, 6.07) is 9.69. The third kappa shape index (κ3) is 6.34. The highest BCUT2D eigenvalue weighted by molar-refractivity contribution is 7.88. The lowest BCUT2D eigenvalue weighted by Gasteiger charge is -2.14. The molecule has 0 heterocycles. The second kappa shape index (κ2) is 7.24. The molecule has 0 aromatic heterocycles. The van der Waals surface area contributed by atoms with E-state index in [1.807, 2.05) is 25.1 Å². The molecule has 0 aliphatic heterocycles. The number of hydrogen-bond acceptors (Lipinski definition) is 4. The van der Waals surface area contributed by atoms with Crippen LogP contribution < -0.4 is 10.0 Å². The fourth-order valence-corrected chi connectivity index (χ4v) is 2.18. The molecule has 0 saturated carbocycles. The molecule has 1 unspecified atom stereocenters. The minimum atomic E-state index is -3.10. The summed E-state index contributed by atoms with van der Waals surface area (Å²) in [5, 5.41) is 12.1. The van der Waals surface area contributed by atoms with E-state index in [1.54, 1.807) is 6.07 Å². The zero-order chi connectivity index (χ0) is 14.3. The maximum atomic E-state index is 10.9. The fraction of sp³-hybridized carbons (Fsp3) is 0.462. The molecule has 0 fully saturated rings. The minimum absolute atomic E-state index is 0.131. The molecule has 1 aromatic rings. The Morgan fingerprint density at radius 2 is 2.11 bits per heavy atom. The largest absolute Gasteiger partial charge is 0.310 e. The van der Waals surface area contributed by atoms with Crippen LogP contribution in [0.5, 0.6) is 0 Å². The molecule has 2 N–H and O–H groups in total. The Kier molecular flexibility index (Phi) is 5.96. The van der Waals surface area contributed by atoms with Crippen molar-refractivity contribution in [2.75, 3.05) is 19.3 Å². The van der Waals surface area contributed by atoms with Crippen molar-refractivity contribution in [3.05, 3.63) is 35.4 Å². The van der Waals surface area contributed by atoms with Crippen molar-refractivity contribution in [3.63, 3.8) is 0 Å². The molecule has 6 heteroatoms. The summed E-state index contributed by atoms with van der Waals surface area (Å²) in [6.07, 6.45) is 1.87.